The van der Waals surface area contributed by atoms with Crippen LogP contribution in [0.5, 0.6) is 11.6 Å². The number of nitrogens with two attached hydrogens (primary N) is 1. The van der Waals surface area contributed by atoms with Crippen LogP contribution in [0.25, 0.3) is 16.6 Å². The Hall–Kier alpha value is -3.95. The zero-order valence-electron chi connectivity index (χ0n) is 16.2. The molecule has 0 spiro atoms. The summed E-state index contributed by atoms with van der Waals surface area (Å²) in [5.74, 6) is -0.742. The summed E-state index contributed by atoms with van der Waals surface area (Å²) in [6.45, 7) is 1.72. The molecule has 10 heteroatoms. The minimum atomic E-state index is -4.82. The maximum atomic E-state index is 13.0. The Morgan fingerprint density at radius 1 is 1.13 bits per heavy atom. The van der Waals surface area contributed by atoms with Gasteiger partial charge in [0.05, 0.1) is 29.1 Å². The van der Waals surface area contributed by atoms with E-state index in [4.69, 9.17) is 5.73 Å². The van der Waals surface area contributed by atoms with Gasteiger partial charge in [-0.1, -0.05) is 12.1 Å². The van der Waals surface area contributed by atoms with Gasteiger partial charge < -0.3 is 15.6 Å². The summed E-state index contributed by atoms with van der Waals surface area (Å²) < 4.78 is 43.3. The summed E-state index contributed by atoms with van der Waals surface area (Å²) in [4.78, 5) is 17.3. The summed E-state index contributed by atoms with van der Waals surface area (Å²) >= 11 is 0. The summed E-state index contributed by atoms with van der Waals surface area (Å²) in [5, 5.41) is 11.3. The Balaban J connectivity index is 1.74. The lowest BCUT2D eigenvalue weighted by Gasteiger charge is -2.10. The van der Waals surface area contributed by atoms with Crippen molar-refractivity contribution in [1.82, 2.24) is 14.1 Å². The SMILES string of the molecule is Cc1c(O)n(-c2ccc(OC(F)(F)F)cc2)c(=O)n1Cc1ccnc2c(N)cccc12. The second kappa shape index (κ2) is 7.38. The van der Waals surface area contributed by atoms with Gasteiger partial charge in [-0.2, -0.15) is 0 Å². The first-order valence-electron chi connectivity index (χ1n) is 9.15. The number of nitrogens with zero attached hydrogens (tertiary/aromatic N) is 3. The molecule has 4 rings (SSSR count). The molecule has 0 amide bonds. The van der Waals surface area contributed by atoms with E-state index in [0.717, 1.165) is 27.6 Å². The lowest BCUT2D eigenvalue weighted by Crippen LogP contribution is -2.24. The average Bonchev–Trinajstić information content (AvgIpc) is 2.92. The molecular weight excluding hydrogens is 413 g/mol. The molecule has 0 saturated carbocycles. The summed E-state index contributed by atoms with van der Waals surface area (Å²) in [7, 11) is 0. The number of para-hydroxylation sites is 1. The third-order valence-electron chi connectivity index (χ3n) is 4.91. The monoisotopic (exact) mass is 430 g/mol. The van der Waals surface area contributed by atoms with E-state index in [-0.39, 0.29) is 18.1 Å². The molecule has 0 unspecified atom stereocenters. The minimum Gasteiger partial charge on any atom is -0.493 e. The number of pyridine rings is 1. The number of fused-ring (bicyclic) bond motifs is 1. The summed E-state index contributed by atoms with van der Waals surface area (Å²) in [5.41, 5.74) is 7.81. The Kier molecular flexibility index (Phi) is 4.84. The molecule has 0 aliphatic carbocycles. The van der Waals surface area contributed by atoms with E-state index in [0.29, 0.717) is 16.9 Å². The van der Waals surface area contributed by atoms with Crippen LogP contribution in [-0.4, -0.2) is 25.6 Å². The molecule has 0 saturated heterocycles. The van der Waals surface area contributed by atoms with E-state index in [9.17, 15) is 23.1 Å². The van der Waals surface area contributed by atoms with E-state index in [1.165, 1.54) is 16.7 Å². The number of aromatic nitrogens is 3. The van der Waals surface area contributed by atoms with Gasteiger partial charge in [0, 0.05) is 11.6 Å². The normalized spacial score (nSPS) is 11.7. The van der Waals surface area contributed by atoms with Gasteiger partial charge >= 0.3 is 12.1 Å². The standard InChI is InChI=1S/C21H17F3N4O3/c1-12-19(29)28(14-5-7-15(8-6-14)31-21(22,23)24)20(30)27(12)11-13-9-10-26-18-16(13)3-2-4-17(18)25/h2-10,29H,11,25H2,1H3. The molecule has 0 fully saturated rings. The van der Waals surface area contributed by atoms with Crippen LogP contribution < -0.4 is 16.2 Å². The first-order chi connectivity index (χ1) is 14.7. The van der Waals surface area contributed by atoms with Crippen molar-refractivity contribution in [3.05, 3.63) is 76.5 Å². The van der Waals surface area contributed by atoms with E-state index in [1.54, 1.807) is 31.3 Å². The van der Waals surface area contributed by atoms with Crippen LogP contribution in [0.3, 0.4) is 0 Å². The zero-order valence-corrected chi connectivity index (χ0v) is 16.2. The molecule has 0 aliphatic heterocycles. The molecule has 160 valence electrons. The number of hydrogen-bond acceptors (Lipinski definition) is 5. The van der Waals surface area contributed by atoms with E-state index < -0.39 is 17.8 Å². The maximum absolute atomic E-state index is 13.0. The van der Waals surface area contributed by atoms with E-state index in [2.05, 4.69) is 9.72 Å². The predicted octanol–water partition coefficient (Wildman–Crippen LogP) is 3.73. The van der Waals surface area contributed by atoms with Gasteiger partial charge in [0.2, 0.25) is 5.88 Å². The molecule has 0 bridgehead atoms. The second-order valence-electron chi connectivity index (χ2n) is 6.87. The topological polar surface area (TPSA) is 95.3 Å². The third-order valence-corrected chi connectivity index (χ3v) is 4.91. The highest BCUT2D eigenvalue weighted by Crippen LogP contribution is 2.27. The maximum Gasteiger partial charge on any atom is 0.573 e. The highest BCUT2D eigenvalue weighted by molar-refractivity contribution is 5.91. The van der Waals surface area contributed by atoms with Gasteiger partial charge in [0.25, 0.3) is 0 Å². The highest BCUT2D eigenvalue weighted by Gasteiger charge is 2.31. The molecule has 2 heterocycles. The lowest BCUT2D eigenvalue weighted by atomic mass is 10.1. The number of imidazole rings is 1. The van der Waals surface area contributed by atoms with Crippen LogP contribution in [0.2, 0.25) is 0 Å². The first kappa shape index (κ1) is 20.3. The minimum absolute atomic E-state index is 0.142. The lowest BCUT2D eigenvalue weighted by molar-refractivity contribution is -0.274. The fraction of sp³-hybridized carbons (Fsp3) is 0.143. The van der Waals surface area contributed by atoms with Gasteiger partial charge in [-0.3, -0.25) is 9.55 Å². The number of rotatable bonds is 4. The number of halogens is 3. The number of alkyl halides is 3. The van der Waals surface area contributed by atoms with Crippen LogP contribution in [-0.2, 0) is 6.54 Å². The van der Waals surface area contributed by atoms with Crippen molar-refractivity contribution in [3.8, 4) is 17.3 Å². The molecule has 31 heavy (non-hydrogen) atoms. The molecule has 0 radical (unpaired) electrons. The van der Waals surface area contributed by atoms with Crippen LogP contribution in [0.1, 0.15) is 11.3 Å². The van der Waals surface area contributed by atoms with Crippen molar-refractivity contribution < 1.29 is 23.0 Å². The number of aromatic hydroxyl groups is 1. The quantitative estimate of drug-likeness (QED) is 0.481. The molecule has 3 N–H and O–H groups in total. The molecule has 7 nitrogen and oxygen atoms in total. The van der Waals surface area contributed by atoms with Gasteiger partial charge in [-0.25, -0.2) is 9.36 Å². The molecule has 0 atom stereocenters. The number of ether oxygens (including phenoxy) is 1. The molecule has 0 aliphatic rings. The number of anilines is 1. The third kappa shape index (κ3) is 3.79. The Morgan fingerprint density at radius 2 is 1.84 bits per heavy atom. The van der Waals surface area contributed by atoms with Crippen LogP contribution in [0, 0.1) is 6.92 Å². The number of benzene rings is 2. The number of hydrogen-bond donors (Lipinski definition) is 2. The first-order valence-corrected chi connectivity index (χ1v) is 9.15. The second-order valence-corrected chi connectivity index (χ2v) is 6.87. The smallest absolute Gasteiger partial charge is 0.493 e. The largest absolute Gasteiger partial charge is 0.573 e. The van der Waals surface area contributed by atoms with Crippen molar-refractivity contribution in [2.24, 2.45) is 0 Å². The van der Waals surface area contributed by atoms with Crippen LogP contribution in [0.15, 0.2) is 59.5 Å². The van der Waals surface area contributed by atoms with Crippen molar-refractivity contribution in [2.45, 2.75) is 19.8 Å². The van der Waals surface area contributed by atoms with Gasteiger partial charge in [-0.15, -0.1) is 13.2 Å². The molecular formula is C21H17F3N4O3. The van der Waals surface area contributed by atoms with Crippen LogP contribution >= 0.6 is 0 Å². The van der Waals surface area contributed by atoms with Crippen LogP contribution in [0.4, 0.5) is 18.9 Å². The predicted molar refractivity (Wildman–Crippen MR) is 108 cm³/mol. The van der Waals surface area contributed by atoms with Crippen molar-refractivity contribution in [3.63, 3.8) is 0 Å². The molecule has 2 aromatic carbocycles. The van der Waals surface area contributed by atoms with Crippen molar-refractivity contribution in [2.75, 3.05) is 5.73 Å². The van der Waals surface area contributed by atoms with Gasteiger partial charge in [0.15, 0.2) is 0 Å². The van der Waals surface area contributed by atoms with Gasteiger partial charge in [-0.05, 0) is 48.9 Å². The highest BCUT2D eigenvalue weighted by atomic mass is 19.4. The summed E-state index contributed by atoms with van der Waals surface area (Å²) in [6, 6.07) is 11.8. The zero-order chi connectivity index (χ0) is 22.3. The Bertz CT molecular complexity index is 1320. The van der Waals surface area contributed by atoms with E-state index >= 15 is 0 Å². The molecule has 2 aromatic heterocycles. The fourth-order valence-corrected chi connectivity index (χ4v) is 3.42. The van der Waals surface area contributed by atoms with Crippen molar-refractivity contribution in [1.29, 1.82) is 0 Å². The molecule has 4 aromatic rings. The Morgan fingerprint density at radius 3 is 2.52 bits per heavy atom. The fourth-order valence-electron chi connectivity index (χ4n) is 3.42. The number of nitrogen functional groups attached to an aromatic ring is 1. The summed E-state index contributed by atoms with van der Waals surface area (Å²) in [6.07, 6.45) is -3.23. The van der Waals surface area contributed by atoms with E-state index in [1.807, 2.05) is 6.07 Å². The Labute approximate surface area is 173 Å². The van der Waals surface area contributed by atoms with Crippen molar-refractivity contribution >= 4 is 16.6 Å². The average molecular weight is 430 g/mol. The van der Waals surface area contributed by atoms with Gasteiger partial charge in [0.1, 0.15) is 5.75 Å².